The van der Waals surface area contributed by atoms with Gasteiger partial charge in [-0.2, -0.15) is 0 Å². The van der Waals surface area contributed by atoms with Gasteiger partial charge in [-0.1, -0.05) is 30.3 Å². The van der Waals surface area contributed by atoms with Gasteiger partial charge in [0.05, 0.1) is 5.60 Å². The molecule has 2 fully saturated rings. The lowest BCUT2D eigenvalue weighted by molar-refractivity contribution is -0.0415. The highest BCUT2D eigenvalue weighted by Gasteiger charge is 2.34. The van der Waals surface area contributed by atoms with E-state index in [-0.39, 0.29) is 5.60 Å². The van der Waals surface area contributed by atoms with Gasteiger partial charge < -0.3 is 10.4 Å². The molecule has 2 aliphatic rings. The molecule has 22 heavy (non-hydrogen) atoms. The van der Waals surface area contributed by atoms with E-state index in [1.165, 1.54) is 24.9 Å². The van der Waals surface area contributed by atoms with Crippen LogP contribution in [0.25, 0.3) is 0 Å². The lowest BCUT2D eigenvalue weighted by Gasteiger charge is -2.36. The summed E-state index contributed by atoms with van der Waals surface area (Å²) in [6, 6.07) is 11.9. The second-order valence-electron chi connectivity index (χ2n) is 7.23. The minimum atomic E-state index is -0.317. The molecule has 1 aromatic carbocycles. The summed E-state index contributed by atoms with van der Waals surface area (Å²) in [5, 5.41) is 13.8. The lowest BCUT2D eigenvalue weighted by Crippen LogP contribution is -2.42. The predicted molar refractivity (Wildman–Crippen MR) is 90.8 cm³/mol. The molecule has 1 aliphatic heterocycles. The quantitative estimate of drug-likeness (QED) is 0.760. The summed E-state index contributed by atoms with van der Waals surface area (Å²) in [4.78, 5) is 2.58. The molecule has 0 amide bonds. The molecule has 2 atom stereocenters. The number of likely N-dealkylation sites (tertiary alicyclic amines) is 1. The van der Waals surface area contributed by atoms with E-state index in [2.05, 4.69) is 47.5 Å². The van der Waals surface area contributed by atoms with Crippen LogP contribution in [0.1, 0.15) is 51.0 Å². The molecule has 1 saturated carbocycles. The van der Waals surface area contributed by atoms with Crippen molar-refractivity contribution in [1.82, 2.24) is 10.2 Å². The Morgan fingerprint density at radius 1 is 1.27 bits per heavy atom. The number of nitrogens with zero attached hydrogens (tertiary/aromatic N) is 1. The average molecular weight is 302 g/mol. The molecule has 0 aromatic heterocycles. The maximum absolute atomic E-state index is 10.1. The van der Waals surface area contributed by atoms with E-state index >= 15 is 0 Å². The first-order chi connectivity index (χ1) is 10.7. The Labute approximate surface area is 134 Å². The zero-order valence-corrected chi connectivity index (χ0v) is 13.8. The van der Waals surface area contributed by atoms with Gasteiger partial charge in [-0.3, -0.25) is 4.90 Å². The van der Waals surface area contributed by atoms with Crippen molar-refractivity contribution in [3.63, 3.8) is 0 Å². The fraction of sp³-hybridized carbons (Fsp3) is 0.684. The van der Waals surface area contributed by atoms with Gasteiger partial charge in [-0.15, -0.1) is 0 Å². The highest BCUT2D eigenvalue weighted by molar-refractivity contribution is 5.15. The lowest BCUT2D eigenvalue weighted by atomic mass is 9.77. The highest BCUT2D eigenvalue weighted by atomic mass is 16.3. The Morgan fingerprint density at radius 2 is 2.05 bits per heavy atom. The van der Waals surface area contributed by atoms with E-state index in [9.17, 15) is 5.11 Å². The van der Waals surface area contributed by atoms with Crippen LogP contribution in [0.5, 0.6) is 0 Å². The Bertz CT molecular complexity index is 458. The van der Waals surface area contributed by atoms with Crippen molar-refractivity contribution in [3.05, 3.63) is 35.9 Å². The standard InChI is InChI=1S/C19H30N2O/c1-16-18(20-13-6-12-19(22)10-5-11-19)9-14-21(16)15-17-7-3-2-4-8-17/h2-4,7-8,16,18,20,22H,5-6,9-15H2,1H3. The molecule has 1 heterocycles. The van der Waals surface area contributed by atoms with Gasteiger partial charge in [0.25, 0.3) is 0 Å². The first-order valence-corrected chi connectivity index (χ1v) is 8.90. The number of hydrogen-bond donors (Lipinski definition) is 2. The van der Waals surface area contributed by atoms with E-state index in [0.717, 1.165) is 38.8 Å². The van der Waals surface area contributed by atoms with Crippen molar-refractivity contribution >= 4 is 0 Å². The SMILES string of the molecule is CC1C(NCCCC2(O)CCC2)CCN1Cc1ccccc1. The van der Waals surface area contributed by atoms with Gasteiger partial charge in [0.1, 0.15) is 0 Å². The molecule has 0 bridgehead atoms. The largest absolute Gasteiger partial charge is 0.390 e. The van der Waals surface area contributed by atoms with E-state index in [1.807, 2.05) is 0 Å². The fourth-order valence-electron chi connectivity index (χ4n) is 3.86. The van der Waals surface area contributed by atoms with Crippen LogP contribution in [0.15, 0.2) is 30.3 Å². The third-order valence-electron chi connectivity index (χ3n) is 5.62. The number of nitrogens with one attached hydrogen (secondary N) is 1. The molecule has 2 unspecified atom stereocenters. The molecule has 3 nitrogen and oxygen atoms in total. The number of benzene rings is 1. The van der Waals surface area contributed by atoms with Crippen LogP contribution < -0.4 is 5.32 Å². The van der Waals surface area contributed by atoms with Gasteiger partial charge >= 0.3 is 0 Å². The number of aliphatic hydroxyl groups is 1. The predicted octanol–water partition coefficient (Wildman–Crippen LogP) is 2.93. The van der Waals surface area contributed by atoms with Crippen LogP contribution in [0.4, 0.5) is 0 Å². The van der Waals surface area contributed by atoms with Crippen molar-refractivity contribution in [2.24, 2.45) is 0 Å². The van der Waals surface area contributed by atoms with Crippen LogP contribution in [-0.2, 0) is 6.54 Å². The van der Waals surface area contributed by atoms with Crippen LogP contribution in [0.2, 0.25) is 0 Å². The summed E-state index contributed by atoms with van der Waals surface area (Å²) in [5.74, 6) is 0. The van der Waals surface area contributed by atoms with E-state index in [1.54, 1.807) is 0 Å². The van der Waals surface area contributed by atoms with Gasteiger partial charge in [0.15, 0.2) is 0 Å². The van der Waals surface area contributed by atoms with Gasteiger partial charge in [0.2, 0.25) is 0 Å². The molecule has 3 rings (SSSR count). The molecule has 1 saturated heterocycles. The Morgan fingerprint density at radius 3 is 2.73 bits per heavy atom. The van der Waals surface area contributed by atoms with Crippen molar-refractivity contribution in [2.45, 2.75) is 69.7 Å². The third-order valence-corrected chi connectivity index (χ3v) is 5.62. The van der Waals surface area contributed by atoms with Crippen molar-refractivity contribution in [3.8, 4) is 0 Å². The molecular weight excluding hydrogens is 272 g/mol. The summed E-state index contributed by atoms with van der Waals surface area (Å²) in [7, 11) is 0. The smallest absolute Gasteiger partial charge is 0.0648 e. The molecule has 1 aromatic rings. The maximum Gasteiger partial charge on any atom is 0.0648 e. The second-order valence-corrected chi connectivity index (χ2v) is 7.23. The first kappa shape index (κ1) is 16.0. The Balaban J connectivity index is 1.38. The van der Waals surface area contributed by atoms with Crippen LogP contribution >= 0.6 is 0 Å². The van der Waals surface area contributed by atoms with Crippen molar-refractivity contribution in [2.75, 3.05) is 13.1 Å². The van der Waals surface area contributed by atoms with E-state index in [0.29, 0.717) is 12.1 Å². The van der Waals surface area contributed by atoms with Gasteiger partial charge in [0, 0.05) is 25.2 Å². The minimum absolute atomic E-state index is 0.317. The van der Waals surface area contributed by atoms with Gasteiger partial charge in [-0.25, -0.2) is 0 Å². The first-order valence-electron chi connectivity index (χ1n) is 8.90. The molecule has 122 valence electrons. The second kappa shape index (κ2) is 7.12. The van der Waals surface area contributed by atoms with Crippen LogP contribution in [0, 0.1) is 0 Å². The fourth-order valence-corrected chi connectivity index (χ4v) is 3.86. The zero-order valence-electron chi connectivity index (χ0n) is 13.8. The summed E-state index contributed by atoms with van der Waals surface area (Å²) in [5.41, 5.74) is 1.09. The van der Waals surface area contributed by atoms with E-state index < -0.39 is 0 Å². The summed E-state index contributed by atoms with van der Waals surface area (Å²) in [6.45, 7) is 5.61. The maximum atomic E-state index is 10.1. The topological polar surface area (TPSA) is 35.5 Å². The molecule has 0 radical (unpaired) electrons. The summed E-state index contributed by atoms with van der Waals surface area (Å²) in [6.07, 6.45) is 6.53. The normalized spacial score (nSPS) is 27.7. The van der Waals surface area contributed by atoms with Gasteiger partial charge in [-0.05, 0) is 57.6 Å². The zero-order chi connectivity index (χ0) is 15.4. The van der Waals surface area contributed by atoms with Crippen LogP contribution in [0.3, 0.4) is 0 Å². The molecule has 3 heteroatoms. The van der Waals surface area contributed by atoms with E-state index in [4.69, 9.17) is 0 Å². The molecule has 1 aliphatic carbocycles. The Hall–Kier alpha value is -0.900. The summed E-state index contributed by atoms with van der Waals surface area (Å²) < 4.78 is 0. The Kier molecular flexibility index (Phi) is 5.17. The molecule has 2 N–H and O–H groups in total. The average Bonchev–Trinajstić information content (AvgIpc) is 2.84. The summed E-state index contributed by atoms with van der Waals surface area (Å²) >= 11 is 0. The number of hydrogen-bond acceptors (Lipinski definition) is 3. The molecule has 0 spiro atoms. The van der Waals surface area contributed by atoms with Crippen molar-refractivity contribution in [1.29, 1.82) is 0 Å². The third kappa shape index (κ3) is 3.89. The minimum Gasteiger partial charge on any atom is -0.390 e. The monoisotopic (exact) mass is 302 g/mol. The molecular formula is C19H30N2O. The van der Waals surface area contributed by atoms with Crippen LogP contribution in [-0.4, -0.2) is 40.8 Å². The highest BCUT2D eigenvalue weighted by Crippen LogP contribution is 2.35. The van der Waals surface area contributed by atoms with Crippen molar-refractivity contribution < 1.29 is 5.11 Å². The number of rotatable bonds is 7.